The summed E-state index contributed by atoms with van der Waals surface area (Å²) < 4.78 is 5.71. The van der Waals surface area contributed by atoms with Gasteiger partial charge in [-0.3, -0.25) is 14.5 Å². The van der Waals surface area contributed by atoms with Crippen LogP contribution < -0.4 is 21.4 Å². The molecule has 0 saturated carbocycles. The lowest BCUT2D eigenvalue weighted by Gasteiger charge is -2.49. The zero-order valence-corrected chi connectivity index (χ0v) is 20.5. The van der Waals surface area contributed by atoms with Crippen molar-refractivity contribution in [3.8, 4) is 0 Å². The summed E-state index contributed by atoms with van der Waals surface area (Å²) in [6, 6.07) is 2.50. The number of carboxylic acid groups (broad SMARTS) is 1. The van der Waals surface area contributed by atoms with Crippen LogP contribution in [-0.4, -0.2) is 72.1 Å². The number of nitrogen functional groups attached to an aromatic ring is 1. The van der Waals surface area contributed by atoms with Gasteiger partial charge in [0.15, 0.2) is 24.1 Å². The van der Waals surface area contributed by atoms with Gasteiger partial charge in [-0.05, 0) is 0 Å². The highest BCUT2D eigenvalue weighted by atomic mass is 32.2. The molecule has 0 radical (unpaired) electrons. The maximum absolute atomic E-state index is 12.9. The number of anilines is 1. The van der Waals surface area contributed by atoms with Crippen molar-refractivity contribution < 1.29 is 28.9 Å². The Labute approximate surface area is 212 Å². The Balaban J connectivity index is 1.52. The minimum atomic E-state index is -1.23. The van der Waals surface area contributed by atoms with E-state index in [4.69, 9.17) is 28.5 Å². The number of rotatable bonds is 8. The average Bonchev–Trinajstić information content (AvgIpc) is 3.26. The molecular weight excluding hydrogens is 516 g/mol. The predicted molar refractivity (Wildman–Crippen MR) is 130 cm³/mol. The van der Waals surface area contributed by atoms with Crippen molar-refractivity contribution in [2.75, 3.05) is 18.6 Å². The number of hydrogen-bond donors (Lipinski definition) is 4. The first-order valence-electron chi connectivity index (χ1n) is 9.91. The second-order valence-electron chi connectivity index (χ2n) is 7.32. The lowest BCUT2D eigenvalue weighted by atomic mass is 10.0. The summed E-state index contributed by atoms with van der Waals surface area (Å²) in [7, 11) is 1.25. The van der Waals surface area contributed by atoms with Gasteiger partial charge in [0.2, 0.25) is 11.5 Å². The van der Waals surface area contributed by atoms with E-state index in [1.54, 1.807) is 29.1 Å². The highest BCUT2D eigenvalue weighted by Gasteiger charge is 2.54. The van der Waals surface area contributed by atoms with Gasteiger partial charge in [0.25, 0.3) is 11.8 Å². The molecule has 1 saturated heterocycles. The molecule has 2 aliphatic heterocycles. The van der Waals surface area contributed by atoms with Gasteiger partial charge in [0.05, 0.1) is 0 Å². The molecule has 4 heterocycles. The van der Waals surface area contributed by atoms with Crippen LogP contribution >= 0.6 is 35.5 Å². The van der Waals surface area contributed by atoms with Crippen LogP contribution in [0.25, 0.3) is 0 Å². The molecule has 0 aromatic carbocycles. The number of β-lactam (4-membered cyclic amide) rings is 1. The molecule has 0 unspecified atom stereocenters. The fraction of sp³-hybridized carbons (Fsp3) is 0.263. The standard InChI is InChI=1S/C19H18N8O5S3/c1-32-24-10(14-23-19(21)35-25-14)15(28)22-11-16(29)27-12(18(30)31)9(7-34-17(11)27)6-26-4-2-8(3-5-26)13(20)33/h2-5,11,17H,6-7H2,1H3,(H5-,20,21,22,23,25,28,30,31,33)/p+1/b24-10-/t11-,17-/m1/s1. The van der Waals surface area contributed by atoms with Gasteiger partial charge in [-0.2, -0.15) is 9.36 Å². The lowest BCUT2D eigenvalue weighted by molar-refractivity contribution is -0.689. The van der Waals surface area contributed by atoms with Gasteiger partial charge in [-0.15, -0.1) is 11.8 Å². The molecule has 2 atom stereocenters. The quantitative estimate of drug-likeness (QED) is 0.105. The van der Waals surface area contributed by atoms with Crippen LogP contribution in [0.15, 0.2) is 41.0 Å². The van der Waals surface area contributed by atoms with Gasteiger partial charge in [0.1, 0.15) is 29.2 Å². The number of carbonyl (C=O) groups is 3. The fourth-order valence-corrected chi connectivity index (χ4v) is 5.47. The first kappa shape index (κ1) is 24.5. The Kier molecular flexibility index (Phi) is 6.95. The van der Waals surface area contributed by atoms with Crippen LogP contribution in [0.5, 0.6) is 0 Å². The summed E-state index contributed by atoms with van der Waals surface area (Å²) in [6.07, 6.45) is 3.46. The molecule has 13 nitrogen and oxygen atoms in total. The highest BCUT2D eigenvalue weighted by molar-refractivity contribution is 8.00. The third kappa shape index (κ3) is 4.80. The van der Waals surface area contributed by atoms with E-state index in [0.29, 0.717) is 16.9 Å². The normalized spacial score (nSPS) is 19.6. The number of oxime groups is 1. The molecule has 0 spiro atoms. The Hall–Kier alpha value is -3.63. The molecule has 6 N–H and O–H groups in total. The van der Waals surface area contributed by atoms with E-state index in [1.165, 1.54) is 23.8 Å². The number of thiocarbonyl (C=S) groups is 1. The zero-order chi connectivity index (χ0) is 25.3. The summed E-state index contributed by atoms with van der Waals surface area (Å²) in [6.45, 7) is 0.251. The Morgan fingerprint density at radius 1 is 1.43 bits per heavy atom. The third-order valence-electron chi connectivity index (χ3n) is 5.14. The second kappa shape index (κ2) is 9.93. The molecule has 2 aliphatic rings. The number of aromatic nitrogens is 3. The number of nitrogens with two attached hydrogens (primary N) is 2. The van der Waals surface area contributed by atoms with Gasteiger partial charge in [-0.25, -0.2) is 9.36 Å². The van der Waals surface area contributed by atoms with E-state index >= 15 is 0 Å². The number of hydrogen-bond acceptors (Lipinski definition) is 11. The minimum Gasteiger partial charge on any atom is -0.477 e. The van der Waals surface area contributed by atoms with Gasteiger partial charge < -0.3 is 26.7 Å². The van der Waals surface area contributed by atoms with Crippen molar-refractivity contribution in [3.63, 3.8) is 0 Å². The summed E-state index contributed by atoms with van der Waals surface area (Å²) >= 11 is 7.16. The van der Waals surface area contributed by atoms with E-state index < -0.39 is 29.2 Å². The number of nitrogens with one attached hydrogen (secondary N) is 1. The van der Waals surface area contributed by atoms with Crippen LogP contribution in [0.3, 0.4) is 0 Å². The summed E-state index contributed by atoms with van der Waals surface area (Å²) in [5.41, 5.74) is 12.1. The van der Waals surface area contributed by atoms with E-state index in [-0.39, 0.29) is 33.9 Å². The van der Waals surface area contributed by atoms with Gasteiger partial charge >= 0.3 is 5.97 Å². The van der Waals surface area contributed by atoms with Crippen molar-refractivity contribution in [2.45, 2.75) is 18.0 Å². The number of fused-ring (bicyclic) bond motifs is 1. The summed E-state index contributed by atoms with van der Waals surface area (Å²) in [4.78, 5) is 47.9. The first-order valence-corrected chi connectivity index (χ1v) is 12.1. The van der Waals surface area contributed by atoms with E-state index in [9.17, 15) is 19.5 Å². The molecule has 4 rings (SSSR count). The Bertz CT molecular complexity index is 1280. The van der Waals surface area contributed by atoms with Crippen LogP contribution in [0.2, 0.25) is 0 Å². The number of pyridine rings is 1. The van der Waals surface area contributed by atoms with E-state index in [0.717, 1.165) is 11.5 Å². The topological polar surface area (TPSA) is 190 Å². The molecule has 2 aromatic rings. The molecule has 35 heavy (non-hydrogen) atoms. The number of thioether (sulfide) groups is 1. The maximum atomic E-state index is 12.9. The van der Waals surface area contributed by atoms with Crippen LogP contribution in [0.1, 0.15) is 11.4 Å². The van der Waals surface area contributed by atoms with E-state index in [2.05, 4.69) is 19.8 Å². The van der Waals surface area contributed by atoms with E-state index in [1.807, 2.05) is 0 Å². The molecule has 0 aliphatic carbocycles. The molecule has 182 valence electrons. The highest BCUT2D eigenvalue weighted by Crippen LogP contribution is 2.40. The molecule has 0 bridgehead atoms. The average molecular weight is 536 g/mol. The molecule has 1 fully saturated rings. The first-order chi connectivity index (χ1) is 16.7. The largest absolute Gasteiger partial charge is 0.477 e. The van der Waals surface area contributed by atoms with Crippen molar-refractivity contribution in [1.82, 2.24) is 19.6 Å². The van der Waals surface area contributed by atoms with Crippen LogP contribution in [0, 0.1) is 0 Å². The van der Waals surface area contributed by atoms with Crippen molar-refractivity contribution in [1.29, 1.82) is 0 Å². The van der Waals surface area contributed by atoms with Crippen molar-refractivity contribution >= 4 is 69.1 Å². The molecule has 2 aromatic heterocycles. The number of aliphatic carboxylic acids is 1. The molecule has 16 heteroatoms. The molecule has 2 amide bonds. The smallest absolute Gasteiger partial charge is 0.352 e. The number of nitrogens with zero attached hydrogens (tertiary/aromatic N) is 5. The number of carbonyl (C=O) groups excluding carboxylic acids is 2. The van der Waals surface area contributed by atoms with Gasteiger partial charge in [0, 0.05) is 40.6 Å². The van der Waals surface area contributed by atoms with Gasteiger partial charge in [-0.1, -0.05) is 17.4 Å². The number of carboxylic acids is 1. The second-order valence-corrected chi connectivity index (χ2v) is 9.65. The monoisotopic (exact) mass is 535 g/mol. The molecular formula is C19H19N8O5S3+. The fourth-order valence-electron chi connectivity index (χ4n) is 3.57. The summed E-state index contributed by atoms with van der Waals surface area (Å²) in [5.74, 6) is -2.23. The Morgan fingerprint density at radius 3 is 2.71 bits per heavy atom. The third-order valence-corrected chi connectivity index (χ3v) is 7.25. The minimum absolute atomic E-state index is 0.0429. The SMILES string of the molecule is CO/N=C(\C(=O)N[C@@H]1C(=O)N2C(C(=O)O)=C(C[n+]3ccc(C(N)=S)cc3)CS[C@H]12)c1nsc(N)n1. The maximum Gasteiger partial charge on any atom is 0.352 e. The number of amides is 2. The van der Waals surface area contributed by atoms with Crippen LogP contribution in [0.4, 0.5) is 5.13 Å². The van der Waals surface area contributed by atoms with Crippen molar-refractivity contribution in [3.05, 3.63) is 47.2 Å². The zero-order valence-electron chi connectivity index (χ0n) is 18.1. The Morgan fingerprint density at radius 2 is 2.14 bits per heavy atom. The summed E-state index contributed by atoms with van der Waals surface area (Å²) in [5, 5.41) is 15.6. The van der Waals surface area contributed by atoms with Crippen molar-refractivity contribution in [2.24, 2.45) is 10.9 Å². The predicted octanol–water partition coefficient (Wildman–Crippen LogP) is -1.17. The van der Waals surface area contributed by atoms with Crippen LogP contribution in [-0.2, 0) is 25.8 Å². The lowest BCUT2D eigenvalue weighted by Crippen LogP contribution is -2.71.